The lowest BCUT2D eigenvalue weighted by Crippen LogP contribution is -2.30. The molecule has 0 aliphatic heterocycles. The van der Waals surface area contributed by atoms with Crippen molar-refractivity contribution in [2.75, 3.05) is 0 Å². The minimum absolute atomic E-state index is 0.00267. The third kappa shape index (κ3) is 4.12. The molecule has 0 saturated heterocycles. The second-order valence-electron chi connectivity index (χ2n) is 5.58. The van der Waals surface area contributed by atoms with Crippen molar-refractivity contribution in [1.82, 2.24) is 4.90 Å². The molecule has 25 heavy (non-hydrogen) atoms. The number of nitro benzene ring substituents is 1. The molecule has 1 aromatic carbocycles. The first-order valence-electron chi connectivity index (χ1n) is 7.63. The van der Waals surface area contributed by atoms with Gasteiger partial charge < -0.3 is 4.90 Å². The van der Waals surface area contributed by atoms with Gasteiger partial charge in [0.1, 0.15) is 0 Å². The standard InChI is InChI=1S/C18H16N2O3S2/c1-13-10-14(20(22)23)6-7-17(13)18(21)19(11-15-4-2-8-24-15)12-16-5-3-9-25-16/h2-10H,11-12H2,1H3. The lowest BCUT2D eigenvalue weighted by atomic mass is 10.1. The highest BCUT2D eigenvalue weighted by Gasteiger charge is 2.21. The Labute approximate surface area is 153 Å². The first-order chi connectivity index (χ1) is 12.0. The normalized spacial score (nSPS) is 10.6. The minimum atomic E-state index is -0.448. The number of amides is 1. The monoisotopic (exact) mass is 372 g/mol. The maximum atomic E-state index is 13.1. The summed E-state index contributed by atoms with van der Waals surface area (Å²) < 4.78 is 0. The van der Waals surface area contributed by atoms with Crippen LogP contribution in [-0.2, 0) is 13.1 Å². The Morgan fingerprint density at radius 1 is 1.08 bits per heavy atom. The molecule has 0 unspecified atom stereocenters. The molecule has 3 aromatic rings. The van der Waals surface area contributed by atoms with E-state index >= 15 is 0 Å². The van der Waals surface area contributed by atoms with E-state index in [4.69, 9.17) is 0 Å². The van der Waals surface area contributed by atoms with E-state index in [9.17, 15) is 14.9 Å². The summed E-state index contributed by atoms with van der Waals surface area (Å²) in [6.07, 6.45) is 0. The average molecular weight is 372 g/mol. The van der Waals surface area contributed by atoms with Gasteiger partial charge in [0.05, 0.1) is 18.0 Å². The summed E-state index contributed by atoms with van der Waals surface area (Å²) in [6, 6.07) is 12.3. The van der Waals surface area contributed by atoms with Crippen molar-refractivity contribution in [1.29, 1.82) is 0 Å². The van der Waals surface area contributed by atoms with E-state index < -0.39 is 4.92 Å². The van der Waals surface area contributed by atoms with Crippen LogP contribution in [0.1, 0.15) is 25.7 Å². The number of carbonyl (C=O) groups is 1. The fourth-order valence-electron chi connectivity index (χ4n) is 2.55. The molecule has 0 spiro atoms. The van der Waals surface area contributed by atoms with Crippen LogP contribution in [0.15, 0.2) is 53.2 Å². The summed E-state index contributed by atoms with van der Waals surface area (Å²) in [5, 5.41) is 14.9. The Balaban J connectivity index is 1.89. The summed E-state index contributed by atoms with van der Waals surface area (Å²) in [7, 11) is 0. The predicted molar refractivity (Wildman–Crippen MR) is 100 cm³/mol. The van der Waals surface area contributed by atoms with Crippen molar-refractivity contribution in [2.45, 2.75) is 20.0 Å². The van der Waals surface area contributed by atoms with Gasteiger partial charge in [-0.1, -0.05) is 12.1 Å². The summed E-state index contributed by atoms with van der Waals surface area (Å²) in [5.41, 5.74) is 1.11. The van der Waals surface area contributed by atoms with E-state index in [2.05, 4.69) is 0 Å². The largest absolute Gasteiger partial charge is 0.328 e. The number of carbonyl (C=O) groups excluding carboxylic acids is 1. The second kappa shape index (κ2) is 7.58. The highest BCUT2D eigenvalue weighted by atomic mass is 32.1. The van der Waals surface area contributed by atoms with Crippen LogP contribution < -0.4 is 0 Å². The molecule has 2 aromatic heterocycles. The molecule has 3 rings (SSSR count). The van der Waals surface area contributed by atoms with Crippen LogP contribution in [0.25, 0.3) is 0 Å². The van der Waals surface area contributed by atoms with Crippen LogP contribution in [-0.4, -0.2) is 15.7 Å². The number of thiophene rings is 2. The van der Waals surface area contributed by atoms with E-state index in [1.165, 1.54) is 12.1 Å². The van der Waals surface area contributed by atoms with Crippen molar-refractivity contribution in [3.8, 4) is 0 Å². The number of hydrogen-bond acceptors (Lipinski definition) is 5. The van der Waals surface area contributed by atoms with Crippen LogP contribution in [0.2, 0.25) is 0 Å². The maximum absolute atomic E-state index is 13.1. The van der Waals surface area contributed by atoms with Crippen molar-refractivity contribution >= 4 is 34.3 Å². The van der Waals surface area contributed by atoms with Crippen LogP contribution in [0.3, 0.4) is 0 Å². The lowest BCUT2D eigenvalue weighted by Gasteiger charge is -2.22. The molecule has 1 amide bonds. The molecular weight excluding hydrogens is 356 g/mol. The molecule has 5 nitrogen and oxygen atoms in total. The maximum Gasteiger partial charge on any atom is 0.269 e. The quantitative estimate of drug-likeness (QED) is 0.458. The van der Waals surface area contributed by atoms with Gasteiger partial charge in [-0.05, 0) is 41.4 Å². The summed E-state index contributed by atoms with van der Waals surface area (Å²) in [4.78, 5) is 27.5. The zero-order valence-electron chi connectivity index (χ0n) is 13.5. The smallest absolute Gasteiger partial charge is 0.269 e. The number of nitro groups is 1. The van der Waals surface area contributed by atoms with Crippen molar-refractivity contribution in [3.05, 3.63) is 84.2 Å². The van der Waals surface area contributed by atoms with Crippen LogP contribution in [0, 0.1) is 17.0 Å². The van der Waals surface area contributed by atoms with E-state index in [1.807, 2.05) is 35.0 Å². The van der Waals surface area contributed by atoms with Crippen molar-refractivity contribution in [2.24, 2.45) is 0 Å². The third-order valence-electron chi connectivity index (χ3n) is 3.79. The molecule has 2 heterocycles. The first kappa shape index (κ1) is 17.3. The van der Waals surface area contributed by atoms with Crippen molar-refractivity contribution in [3.63, 3.8) is 0 Å². The number of aryl methyl sites for hydroxylation is 1. The van der Waals surface area contributed by atoms with E-state index in [-0.39, 0.29) is 11.6 Å². The van der Waals surface area contributed by atoms with E-state index in [0.717, 1.165) is 9.75 Å². The number of non-ortho nitro benzene ring substituents is 1. The fraction of sp³-hybridized carbons (Fsp3) is 0.167. The molecule has 0 radical (unpaired) electrons. The molecule has 7 heteroatoms. The van der Waals surface area contributed by atoms with Gasteiger partial charge in [0.25, 0.3) is 11.6 Å². The highest BCUT2D eigenvalue weighted by molar-refractivity contribution is 7.10. The molecule has 0 fully saturated rings. The van der Waals surface area contributed by atoms with Gasteiger partial charge in [-0.15, -0.1) is 22.7 Å². The third-order valence-corrected chi connectivity index (χ3v) is 5.51. The average Bonchev–Trinajstić information content (AvgIpc) is 3.27. The Kier molecular flexibility index (Phi) is 5.25. The number of rotatable bonds is 6. The van der Waals surface area contributed by atoms with Crippen LogP contribution in [0.5, 0.6) is 0 Å². The molecule has 0 atom stereocenters. The topological polar surface area (TPSA) is 63.5 Å². The fourth-order valence-corrected chi connectivity index (χ4v) is 3.99. The van der Waals surface area contributed by atoms with E-state index in [1.54, 1.807) is 40.6 Å². The van der Waals surface area contributed by atoms with E-state index in [0.29, 0.717) is 24.2 Å². The van der Waals surface area contributed by atoms with Gasteiger partial charge in [0.2, 0.25) is 0 Å². The Bertz CT molecular complexity index is 838. The Morgan fingerprint density at radius 3 is 2.12 bits per heavy atom. The minimum Gasteiger partial charge on any atom is -0.328 e. The zero-order valence-corrected chi connectivity index (χ0v) is 15.2. The molecule has 128 valence electrons. The van der Waals surface area contributed by atoms with Gasteiger partial charge in [0, 0.05) is 27.5 Å². The van der Waals surface area contributed by atoms with Crippen molar-refractivity contribution < 1.29 is 9.72 Å². The molecule has 0 bridgehead atoms. The lowest BCUT2D eigenvalue weighted by molar-refractivity contribution is -0.384. The molecule has 0 saturated carbocycles. The predicted octanol–water partition coefficient (Wildman–Crippen LogP) is 4.87. The highest BCUT2D eigenvalue weighted by Crippen LogP contribution is 2.23. The number of hydrogen-bond donors (Lipinski definition) is 0. The SMILES string of the molecule is Cc1cc([N+](=O)[O-])ccc1C(=O)N(Cc1cccs1)Cc1cccs1. The molecule has 0 aliphatic rings. The summed E-state index contributed by atoms with van der Waals surface area (Å²) in [6.45, 7) is 2.77. The number of benzene rings is 1. The Morgan fingerprint density at radius 2 is 1.68 bits per heavy atom. The molecular formula is C18H16N2O3S2. The second-order valence-corrected chi connectivity index (χ2v) is 7.64. The van der Waals surface area contributed by atoms with Gasteiger partial charge in [-0.2, -0.15) is 0 Å². The zero-order chi connectivity index (χ0) is 17.8. The van der Waals surface area contributed by atoms with Gasteiger partial charge in [-0.3, -0.25) is 14.9 Å². The van der Waals surface area contributed by atoms with Crippen LogP contribution in [0.4, 0.5) is 5.69 Å². The summed E-state index contributed by atoms with van der Waals surface area (Å²) >= 11 is 3.21. The Hall–Kier alpha value is -2.51. The van der Waals surface area contributed by atoms with Gasteiger partial charge >= 0.3 is 0 Å². The van der Waals surface area contributed by atoms with Crippen LogP contribution >= 0.6 is 22.7 Å². The molecule has 0 aliphatic carbocycles. The first-order valence-corrected chi connectivity index (χ1v) is 9.39. The number of nitrogens with zero attached hydrogens (tertiary/aromatic N) is 2. The molecule has 0 N–H and O–H groups in total. The van der Waals surface area contributed by atoms with Gasteiger partial charge in [-0.25, -0.2) is 0 Å². The van der Waals surface area contributed by atoms with Gasteiger partial charge in [0.15, 0.2) is 0 Å². The summed E-state index contributed by atoms with van der Waals surface area (Å²) in [5.74, 6) is -0.116.